The minimum atomic E-state index is -0.679. The molecular weight excluding hydrogens is 340 g/mol. The molecule has 1 aromatic carbocycles. The van der Waals surface area contributed by atoms with Crippen LogP contribution in [0, 0.1) is 0 Å². The summed E-state index contributed by atoms with van der Waals surface area (Å²) >= 11 is 0.976. The van der Waals surface area contributed by atoms with Gasteiger partial charge in [-0.25, -0.2) is 4.79 Å². The van der Waals surface area contributed by atoms with Crippen LogP contribution in [0.2, 0.25) is 0 Å². The Kier molecular flexibility index (Phi) is 6.76. The quantitative estimate of drug-likeness (QED) is 0.706. The van der Waals surface area contributed by atoms with Crippen LogP contribution in [0.4, 0.5) is 9.80 Å². The zero-order valence-corrected chi connectivity index (χ0v) is 15.1. The summed E-state index contributed by atoms with van der Waals surface area (Å²) in [7, 11) is 3.20. The summed E-state index contributed by atoms with van der Waals surface area (Å²) in [6.45, 7) is 0.428. The number of amides is 3. The number of hydrogen-bond acceptors (Lipinski definition) is 5. The largest absolute Gasteiger partial charge is 0.476 e. The van der Waals surface area contributed by atoms with E-state index < -0.39 is 5.91 Å². The Morgan fingerprint density at radius 1 is 1.24 bits per heavy atom. The van der Waals surface area contributed by atoms with Crippen molar-refractivity contribution in [1.29, 1.82) is 0 Å². The van der Waals surface area contributed by atoms with Crippen molar-refractivity contribution in [1.82, 2.24) is 9.27 Å². The highest BCUT2D eigenvalue weighted by Crippen LogP contribution is 2.30. The zero-order chi connectivity index (χ0) is 18.2. The van der Waals surface area contributed by atoms with Gasteiger partial charge in [-0.15, -0.1) is 0 Å². The number of ether oxygens (including phenoxy) is 1. The van der Waals surface area contributed by atoms with Gasteiger partial charge in [-0.3, -0.25) is 10.1 Å². The van der Waals surface area contributed by atoms with E-state index >= 15 is 0 Å². The number of benzene rings is 1. The Balaban J connectivity index is 1.88. The van der Waals surface area contributed by atoms with Crippen molar-refractivity contribution >= 4 is 28.5 Å². The van der Waals surface area contributed by atoms with Gasteiger partial charge in [0.15, 0.2) is 0 Å². The van der Waals surface area contributed by atoms with Gasteiger partial charge in [0.05, 0.1) is 6.61 Å². The van der Waals surface area contributed by atoms with Gasteiger partial charge in [0.25, 0.3) is 5.91 Å². The molecule has 1 aromatic heterocycles. The molecule has 0 aliphatic heterocycles. The first kappa shape index (κ1) is 18.7. The number of nitrogens with zero attached hydrogens (tertiary/aromatic N) is 2. The van der Waals surface area contributed by atoms with Crippen LogP contribution in [0.15, 0.2) is 30.3 Å². The Hall–Kier alpha value is -2.61. The summed E-state index contributed by atoms with van der Waals surface area (Å²) < 4.78 is 9.68. The van der Waals surface area contributed by atoms with Crippen LogP contribution >= 0.6 is 11.5 Å². The number of nitrogens with one attached hydrogen (secondary N) is 1. The Labute approximate surface area is 150 Å². The highest BCUT2D eigenvalue weighted by Gasteiger charge is 2.22. The van der Waals surface area contributed by atoms with Crippen molar-refractivity contribution in [3.8, 4) is 5.88 Å². The van der Waals surface area contributed by atoms with E-state index in [1.165, 1.54) is 10.5 Å². The average Bonchev–Trinajstić information content (AvgIpc) is 2.98. The van der Waals surface area contributed by atoms with Gasteiger partial charge in [0.2, 0.25) is 5.88 Å². The number of carbonyl (C=O) groups excluding carboxylic acids is 2. The number of unbranched alkanes of at least 4 members (excludes halogenated alkanes) is 1. The lowest BCUT2D eigenvalue weighted by Gasteiger charge is -2.11. The predicted octanol–water partition coefficient (Wildman–Crippen LogP) is 2.74. The number of aryl methyl sites for hydroxylation is 1. The highest BCUT2D eigenvalue weighted by atomic mass is 32.1. The Bertz CT molecular complexity index is 716. The standard InChI is InChI=1S/C17H22N4O3S/c1-21(2)17(23)19-16-13(14(18)22)15(20-25-16)24-11-7-6-10-12-8-4-3-5-9-12/h3-5,8-9H,6-7,10-11H2,1-2H3,(H2,18,22)(H,19,23). The Morgan fingerprint density at radius 2 is 1.96 bits per heavy atom. The van der Waals surface area contributed by atoms with Crippen molar-refractivity contribution in [2.24, 2.45) is 5.73 Å². The van der Waals surface area contributed by atoms with Crippen LogP contribution in [-0.4, -0.2) is 41.9 Å². The lowest BCUT2D eigenvalue weighted by molar-refractivity contribution is 0.0997. The van der Waals surface area contributed by atoms with E-state index in [2.05, 4.69) is 21.8 Å². The fourth-order valence-electron chi connectivity index (χ4n) is 2.13. The van der Waals surface area contributed by atoms with E-state index in [1.54, 1.807) is 14.1 Å². The molecule has 0 fully saturated rings. The van der Waals surface area contributed by atoms with Crippen LogP contribution in [0.25, 0.3) is 0 Å². The number of rotatable bonds is 8. The average molecular weight is 362 g/mol. The van der Waals surface area contributed by atoms with Crippen LogP contribution < -0.4 is 15.8 Å². The molecule has 0 aliphatic carbocycles. The lowest BCUT2D eigenvalue weighted by Crippen LogP contribution is -2.28. The molecular formula is C17H22N4O3S. The second-order valence-corrected chi connectivity index (χ2v) is 6.45. The molecule has 1 heterocycles. The van der Waals surface area contributed by atoms with Crippen molar-refractivity contribution in [3.63, 3.8) is 0 Å². The van der Waals surface area contributed by atoms with Crippen LogP contribution in [-0.2, 0) is 6.42 Å². The zero-order valence-electron chi connectivity index (χ0n) is 14.3. The summed E-state index contributed by atoms with van der Waals surface area (Å²) in [5, 5.41) is 2.89. The maximum atomic E-state index is 11.7. The van der Waals surface area contributed by atoms with E-state index in [-0.39, 0.29) is 17.5 Å². The summed E-state index contributed by atoms with van der Waals surface area (Å²) in [6.07, 6.45) is 2.75. The van der Waals surface area contributed by atoms with Crippen LogP contribution in [0.5, 0.6) is 5.88 Å². The molecule has 2 aromatic rings. The first-order chi connectivity index (χ1) is 12.0. The second-order valence-electron chi connectivity index (χ2n) is 5.67. The summed E-state index contributed by atoms with van der Waals surface area (Å²) in [5.41, 5.74) is 6.80. The van der Waals surface area contributed by atoms with Crippen LogP contribution in [0.1, 0.15) is 28.8 Å². The topological polar surface area (TPSA) is 97.6 Å². The predicted molar refractivity (Wildman–Crippen MR) is 98.2 cm³/mol. The van der Waals surface area contributed by atoms with E-state index in [0.29, 0.717) is 11.6 Å². The molecule has 8 heteroatoms. The van der Waals surface area contributed by atoms with E-state index in [4.69, 9.17) is 10.5 Å². The fourth-order valence-corrected chi connectivity index (χ4v) is 2.86. The molecule has 2 rings (SSSR count). The first-order valence-electron chi connectivity index (χ1n) is 7.93. The molecule has 3 N–H and O–H groups in total. The second kappa shape index (κ2) is 9.03. The molecule has 25 heavy (non-hydrogen) atoms. The summed E-state index contributed by atoms with van der Waals surface area (Å²) in [5.74, 6) is -0.506. The lowest BCUT2D eigenvalue weighted by atomic mass is 10.1. The van der Waals surface area contributed by atoms with Crippen LogP contribution in [0.3, 0.4) is 0 Å². The van der Waals surface area contributed by atoms with E-state index in [9.17, 15) is 9.59 Å². The van der Waals surface area contributed by atoms with Gasteiger partial charge in [-0.1, -0.05) is 30.3 Å². The number of urea groups is 1. The molecule has 0 aliphatic rings. The monoisotopic (exact) mass is 362 g/mol. The van der Waals surface area contributed by atoms with Crippen molar-refractivity contribution in [3.05, 3.63) is 41.5 Å². The molecule has 0 unspecified atom stereocenters. The van der Waals surface area contributed by atoms with Crippen molar-refractivity contribution in [2.45, 2.75) is 19.3 Å². The molecule has 0 bridgehead atoms. The molecule has 0 radical (unpaired) electrons. The molecule has 0 spiro atoms. The normalized spacial score (nSPS) is 10.3. The van der Waals surface area contributed by atoms with E-state index in [1.807, 2.05) is 18.2 Å². The molecule has 134 valence electrons. The molecule has 3 amide bonds. The molecule has 7 nitrogen and oxygen atoms in total. The number of hydrogen-bond donors (Lipinski definition) is 2. The van der Waals surface area contributed by atoms with Gasteiger partial charge >= 0.3 is 6.03 Å². The number of nitrogens with two attached hydrogens (primary N) is 1. The maximum absolute atomic E-state index is 11.7. The minimum Gasteiger partial charge on any atom is -0.476 e. The third kappa shape index (κ3) is 5.46. The first-order valence-corrected chi connectivity index (χ1v) is 8.71. The summed E-state index contributed by atoms with van der Waals surface area (Å²) in [6, 6.07) is 9.85. The van der Waals surface area contributed by atoms with Gasteiger partial charge in [0, 0.05) is 14.1 Å². The summed E-state index contributed by atoms with van der Waals surface area (Å²) in [4.78, 5) is 24.8. The third-order valence-electron chi connectivity index (χ3n) is 3.48. The maximum Gasteiger partial charge on any atom is 0.321 e. The van der Waals surface area contributed by atoms with Gasteiger partial charge < -0.3 is 15.4 Å². The number of primary amides is 1. The van der Waals surface area contributed by atoms with Gasteiger partial charge in [0.1, 0.15) is 10.6 Å². The van der Waals surface area contributed by atoms with Crippen molar-refractivity contribution in [2.75, 3.05) is 26.0 Å². The molecule has 0 saturated carbocycles. The Morgan fingerprint density at radius 3 is 2.60 bits per heavy atom. The number of carbonyl (C=O) groups is 2. The molecule has 0 saturated heterocycles. The van der Waals surface area contributed by atoms with Crippen molar-refractivity contribution < 1.29 is 14.3 Å². The number of anilines is 1. The highest BCUT2D eigenvalue weighted by molar-refractivity contribution is 7.11. The third-order valence-corrected chi connectivity index (χ3v) is 4.22. The minimum absolute atomic E-state index is 0.114. The van der Waals surface area contributed by atoms with Gasteiger partial charge in [-0.2, -0.15) is 4.37 Å². The van der Waals surface area contributed by atoms with Gasteiger partial charge in [-0.05, 0) is 36.4 Å². The smallest absolute Gasteiger partial charge is 0.321 e. The number of aromatic nitrogens is 1. The van der Waals surface area contributed by atoms with E-state index in [0.717, 1.165) is 30.8 Å². The SMILES string of the molecule is CN(C)C(=O)Nc1snc(OCCCCc2ccccc2)c1C(N)=O. The fraction of sp³-hybridized carbons (Fsp3) is 0.353. The molecule has 0 atom stereocenters.